The standard InChI is InChI=1S/C18H12N/c1-2-6-15-12-17-13-18(19-9-3-4-10-19)8-7-16(17)11-14(15)5-1/h1-12H. The third-order valence-corrected chi connectivity index (χ3v) is 3.48. The Morgan fingerprint density at radius 2 is 1.42 bits per heavy atom. The fraction of sp³-hybridized carbons (Fsp3) is 0. The highest BCUT2D eigenvalue weighted by atomic mass is 14.9. The van der Waals surface area contributed by atoms with Gasteiger partial charge in [0.15, 0.2) is 0 Å². The first-order valence-electron chi connectivity index (χ1n) is 6.38. The van der Waals surface area contributed by atoms with Crippen LogP contribution in [0, 0.1) is 6.07 Å². The minimum atomic E-state index is 1.08. The second kappa shape index (κ2) is 3.99. The number of nitrogens with zero attached hydrogens (tertiary/aromatic N) is 1. The van der Waals surface area contributed by atoms with Crippen molar-refractivity contribution in [3.05, 3.63) is 79.1 Å². The van der Waals surface area contributed by atoms with Gasteiger partial charge < -0.3 is 4.57 Å². The first-order valence-corrected chi connectivity index (χ1v) is 6.38. The van der Waals surface area contributed by atoms with Gasteiger partial charge in [0.25, 0.3) is 0 Å². The van der Waals surface area contributed by atoms with E-state index in [2.05, 4.69) is 59.2 Å². The molecular formula is C18H12N. The normalized spacial score (nSPS) is 11.2. The van der Waals surface area contributed by atoms with E-state index in [1.165, 1.54) is 16.2 Å². The monoisotopic (exact) mass is 242 g/mol. The maximum absolute atomic E-state index is 3.48. The van der Waals surface area contributed by atoms with Crippen molar-refractivity contribution in [2.75, 3.05) is 0 Å². The van der Waals surface area contributed by atoms with Crippen molar-refractivity contribution >= 4 is 21.5 Å². The lowest BCUT2D eigenvalue weighted by Crippen LogP contribution is -1.89. The van der Waals surface area contributed by atoms with Gasteiger partial charge >= 0.3 is 0 Å². The Morgan fingerprint density at radius 1 is 0.684 bits per heavy atom. The van der Waals surface area contributed by atoms with Gasteiger partial charge in [-0.25, -0.2) is 0 Å². The van der Waals surface area contributed by atoms with Crippen molar-refractivity contribution in [3.8, 4) is 5.69 Å². The van der Waals surface area contributed by atoms with Crippen LogP contribution in [0.1, 0.15) is 0 Å². The third kappa shape index (κ3) is 1.71. The smallest absolute Gasteiger partial charge is 0.0535 e. The fourth-order valence-electron chi connectivity index (χ4n) is 2.50. The number of fused-ring (bicyclic) bond motifs is 2. The number of hydrogen-bond donors (Lipinski definition) is 0. The van der Waals surface area contributed by atoms with Crippen molar-refractivity contribution < 1.29 is 0 Å². The molecule has 1 aromatic heterocycles. The molecule has 0 aliphatic rings. The topological polar surface area (TPSA) is 4.93 Å². The molecule has 0 aliphatic carbocycles. The van der Waals surface area contributed by atoms with Gasteiger partial charge in [0.1, 0.15) is 0 Å². The highest BCUT2D eigenvalue weighted by Gasteiger charge is 2.01. The fourth-order valence-corrected chi connectivity index (χ4v) is 2.50. The lowest BCUT2D eigenvalue weighted by molar-refractivity contribution is 1.08. The molecule has 1 heterocycles. The molecule has 0 unspecified atom stereocenters. The van der Waals surface area contributed by atoms with Crippen LogP contribution in [0.2, 0.25) is 0 Å². The van der Waals surface area contributed by atoms with Crippen LogP contribution in [-0.2, 0) is 0 Å². The summed E-state index contributed by atoms with van der Waals surface area (Å²) in [6.45, 7) is 0. The number of aromatic nitrogens is 1. The molecule has 4 rings (SSSR count). The summed E-state index contributed by atoms with van der Waals surface area (Å²) in [6.07, 6.45) is 4.08. The summed E-state index contributed by atoms with van der Waals surface area (Å²) >= 11 is 0. The van der Waals surface area contributed by atoms with E-state index in [-0.39, 0.29) is 0 Å². The van der Waals surface area contributed by atoms with Crippen LogP contribution >= 0.6 is 0 Å². The molecule has 0 amide bonds. The van der Waals surface area contributed by atoms with E-state index in [4.69, 9.17) is 0 Å². The molecule has 4 aromatic rings. The molecule has 1 radical (unpaired) electrons. The highest BCUT2D eigenvalue weighted by molar-refractivity contribution is 5.98. The van der Waals surface area contributed by atoms with Crippen LogP contribution < -0.4 is 0 Å². The highest BCUT2D eigenvalue weighted by Crippen LogP contribution is 2.24. The van der Waals surface area contributed by atoms with Crippen LogP contribution in [0.5, 0.6) is 0 Å². The van der Waals surface area contributed by atoms with Crippen molar-refractivity contribution in [1.29, 1.82) is 0 Å². The van der Waals surface area contributed by atoms with Crippen LogP contribution in [0.15, 0.2) is 73.1 Å². The Morgan fingerprint density at radius 3 is 2.21 bits per heavy atom. The van der Waals surface area contributed by atoms with Crippen LogP contribution in [0.4, 0.5) is 0 Å². The largest absolute Gasteiger partial charge is 0.323 e. The summed E-state index contributed by atoms with van der Waals surface area (Å²) < 4.78 is 2.08. The Bertz CT molecular complexity index is 857. The predicted molar refractivity (Wildman–Crippen MR) is 79.6 cm³/mol. The number of hydrogen-bond acceptors (Lipinski definition) is 0. The lowest BCUT2D eigenvalue weighted by Gasteiger charge is -2.06. The second-order valence-corrected chi connectivity index (χ2v) is 4.72. The van der Waals surface area contributed by atoms with E-state index < -0.39 is 0 Å². The van der Waals surface area contributed by atoms with E-state index in [1.54, 1.807) is 0 Å². The number of rotatable bonds is 1. The zero-order chi connectivity index (χ0) is 12.7. The van der Waals surface area contributed by atoms with E-state index in [0.29, 0.717) is 0 Å². The maximum atomic E-state index is 3.48. The van der Waals surface area contributed by atoms with Crippen LogP contribution in [0.25, 0.3) is 27.2 Å². The van der Waals surface area contributed by atoms with Gasteiger partial charge in [-0.05, 0) is 51.9 Å². The molecule has 0 saturated heterocycles. The minimum Gasteiger partial charge on any atom is -0.323 e. The van der Waals surface area contributed by atoms with Crippen LogP contribution in [0.3, 0.4) is 0 Å². The summed E-state index contributed by atoms with van der Waals surface area (Å²) in [4.78, 5) is 0. The first kappa shape index (κ1) is 10.4. The van der Waals surface area contributed by atoms with Gasteiger partial charge in [-0.1, -0.05) is 30.3 Å². The van der Waals surface area contributed by atoms with E-state index in [1.807, 2.05) is 24.5 Å². The molecule has 89 valence electrons. The molecular weight excluding hydrogens is 230 g/mol. The van der Waals surface area contributed by atoms with E-state index >= 15 is 0 Å². The molecule has 0 aliphatic heterocycles. The SMILES string of the molecule is [c]1c(-n2cccc2)ccc2cc3ccccc3cc12. The molecule has 0 bridgehead atoms. The first-order chi connectivity index (χ1) is 9.40. The quantitative estimate of drug-likeness (QED) is 0.430. The average Bonchev–Trinajstić information content (AvgIpc) is 2.98. The van der Waals surface area contributed by atoms with Gasteiger partial charge in [0.2, 0.25) is 0 Å². The molecule has 0 N–H and O–H groups in total. The molecule has 1 heteroatoms. The van der Waals surface area contributed by atoms with E-state index in [0.717, 1.165) is 11.1 Å². The summed E-state index contributed by atoms with van der Waals surface area (Å²) in [5.41, 5.74) is 1.08. The molecule has 0 spiro atoms. The van der Waals surface area contributed by atoms with E-state index in [9.17, 15) is 0 Å². The summed E-state index contributed by atoms with van der Waals surface area (Å²) in [7, 11) is 0. The lowest BCUT2D eigenvalue weighted by atomic mass is 10.0. The van der Waals surface area contributed by atoms with Gasteiger partial charge in [-0.3, -0.25) is 0 Å². The molecule has 0 saturated carbocycles. The Hall–Kier alpha value is -2.54. The van der Waals surface area contributed by atoms with Crippen LogP contribution in [-0.4, -0.2) is 4.57 Å². The molecule has 0 fully saturated rings. The van der Waals surface area contributed by atoms with Gasteiger partial charge in [-0.15, -0.1) is 0 Å². The average molecular weight is 242 g/mol. The molecule has 19 heavy (non-hydrogen) atoms. The summed E-state index contributed by atoms with van der Waals surface area (Å²) in [5.74, 6) is 0. The maximum Gasteiger partial charge on any atom is 0.0535 e. The van der Waals surface area contributed by atoms with Gasteiger partial charge in [-0.2, -0.15) is 0 Å². The predicted octanol–water partition coefficient (Wildman–Crippen LogP) is 4.58. The van der Waals surface area contributed by atoms with Crippen molar-refractivity contribution in [2.45, 2.75) is 0 Å². The Kier molecular flexibility index (Phi) is 2.18. The number of benzene rings is 3. The minimum absolute atomic E-state index is 1.08. The van der Waals surface area contributed by atoms with Gasteiger partial charge in [0.05, 0.1) is 5.69 Å². The van der Waals surface area contributed by atoms with Crippen molar-refractivity contribution in [2.24, 2.45) is 0 Å². The molecule has 1 nitrogen and oxygen atoms in total. The van der Waals surface area contributed by atoms with Crippen molar-refractivity contribution in [1.82, 2.24) is 4.57 Å². The molecule has 0 atom stereocenters. The summed E-state index contributed by atoms with van der Waals surface area (Å²) in [6, 6.07) is 24.7. The third-order valence-electron chi connectivity index (χ3n) is 3.48. The zero-order valence-electron chi connectivity index (χ0n) is 10.4. The molecule has 3 aromatic carbocycles. The van der Waals surface area contributed by atoms with Crippen molar-refractivity contribution in [3.63, 3.8) is 0 Å². The Balaban J connectivity index is 2.00. The second-order valence-electron chi connectivity index (χ2n) is 4.72. The van der Waals surface area contributed by atoms with Gasteiger partial charge in [0, 0.05) is 18.5 Å². The Labute approximate surface area is 111 Å². The zero-order valence-corrected chi connectivity index (χ0v) is 10.4. The summed E-state index contributed by atoms with van der Waals surface area (Å²) in [5, 5.41) is 4.92.